The largest absolute Gasteiger partial charge is 0.444 e. The quantitative estimate of drug-likeness (QED) is 0.236. The van der Waals surface area contributed by atoms with E-state index < -0.39 is 43.0 Å². The van der Waals surface area contributed by atoms with E-state index in [4.69, 9.17) is 9.52 Å². The average molecular weight is 667 g/mol. The highest BCUT2D eigenvalue weighted by Crippen LogP contribution is 2.39. The van der Waals surface area contributed by atoms with E-state index in [-0.39, 0.29) is 48.5 Å². The summed E-state index contributed by atoms with van der Waals surface area (Å²) in [6, 6.07) is 10.4. The molecule has 0 bridgehead atoms. The summed E-state index contributed by atoms with van der Waals surface area (Å²) in [5.74, 6) is -0.399. The van der Waals surface area contributed by atoms with Crippen LogP contribution in [0.25, 0.3) is 0 Å². The fraction of sp³-hybridized carbons (Fsp3) is 0.562. The van der Waals surface area contributed by atoms with Crippen molar-refractivity contribution < 1.29 is 31.3 Å². The molecular weight excluding hydrogens is 620 g/mol. The molecule has 250 valence electrons. The van der Waals surface area contributed by atoms with E-state index >= 15 is 4.39 Å². The topological polar surface area (TPSA) is 137 Å². The summed E-state index contributed by atoms with van der Waals surface area (Å²) in [6.07, 6.45) is 5.30. The third-order valence-electron chi connectivity index (χ3n) is 7.83. The third kappa shape index (κ3) is 9.90. The van der Waals surface area contributed by atoms with Gasteiger partial charge in [-0.05, 0) is 69.2 Å². The molecule has 2 aromatic rings. The lowest BCUT2D eigenvalue weighted by Gasteiger charge is -2.37. The molecular formula is C32H47FN4O6S2. The van der Waals surface area contributed by atoms with Crippen molar-refractivity contribution in [3.8, 4) is 0 Å². The number of alkyl halides is 1. The first-order chi connectivity index (χ1) is 20.9. The summed E-state index contributed by atoms with van der Waals surface area (Å²) in [5, 5.41) is 2.73. The van der Waals surface area contributed by atoms with E-state index in [0.717, 1.165) is 36.2 Å². The fourth-order valence-electron chi connectivity index (χ4n) is 5.09. The molecule has 1 fully saturated rings. The second-order valence-corrected chi connectivity index (χ2v) is 16.9. The number of ether oxygens (including phenoxy) is 1. The van der Waals surface area contributed by atoms with E-state index in [2.05, 4.69) is 12.2 Å². The van der Waals surface area contributed by atoms with Gasteiger partial charge in [-0.3, -0.25) is 9.10 Å². The van der Waals surface area contributed by atoms with Gasteiger partial charge in [-0.1, -0.05) is 38.7 Å². The van der Waals surface area contributed by atoms with Crippen molar-refractivity contribution >= 4 is 43.1 Å². The van der Waals surface area contributed by atoms with Crippen LogP contribution in [0, 0.1) is 4.78 Å². The van der Waals surface area contributed by atoms with Gasteiger partial charge < -0.3 is 15.0 Å². The third-order valence-corrected chi connectivity index (χ3v) is 10.9. The van der Waals surface area contributed by atoms with E-state index in [1.165, 1.54) is 30.1 Å². The Labute approximate surface area is 267 Å². The number of likely N-dealkylation sites (tertiary alicyclic amines) is 1. The highest BCUT2D eigenvalue weighted by atomic mass is 32.2. The van der Waals surface area contributed by atoms with Gasteiger partial charge in [0.2, 0.25) is 10.0 Å². The number of anilines is 2. The summed E-state index contributed by atoms with van der Waals surface area (Å²) in [6.45, 7) is 7.62. The highest BCUT2D eigenvalue weighted by Gasteiger charge is 2.39. The molecule has 2 N–H and O–H groups in total. The van der Waals surface area contributed by atoms with Crippen LogP contribution < -0.4 is 9.62 Å². The number of sulfonamides is 1. The van der Waals surface area contributed by atoms with Crippen molar-refractivity contribution in [3.05, 3.63) is 53.6 Å². The van der Waals surface area contributed by atoms with Crippen molar-refractivity contribution in [3.63, 3.8) is 0 Å². The molecule has 0 aliphatic carbocycles. The Morgan fingerprint density at radius 3 is 2.18 bits per heavy atom. The first kappa shape index (κ1) is 36.3. The van der Waals surface area contributed by atoms with Crippen LogP contribution in [0.1, 0.15) is 88.6 Å². The molecule has 0 radical (unpaired) electrons. The Balaban J connectivity index is 1.82. The minimum atomic E-state index is -3.76. The Morgan fingerprint density at radius 1 is 1.02 bits per heavy atom. The molecule has 1 aliphatic rings. The van der Waals surface area contributed by atoms with Crippen LogP contribution >= 0.6 is 0 Å². The molecule has 0 spiro atoms. The Bertz CT molecular complexity index is 1560. The van der Waals surface area contributed by atoms with Crippen LogP contribution in [-0.4, -0.2) is 67.3 Å². The predicted octanol–water partition coefficient (Wildman–Crippen LogP) is 6.91. The summed E-state index contributed by atoms with van der Waals surface area (Å²) >= 11 is 0. The molecule has 45 heavy (non-hydrogen) atoms. The van der Waals surface area contributed by atoms with Gasteiger partial charge >= 0.3 is 6.09 Å². The van der Waals surface area contributed by atoms with Crippen LogP contribution in [-0.2, 0) is 30.2 Å². The van der Waals surface area contributed by atoms with Gasteiger partial charge in [0.25, 0.3) is 5.91 Å². The Hall–Kier alpha value is -3.19. The van der Waals surface area contributed by atoms with Gasteiger partial charge in [0.05, 0.1) is 27.2 Å². The summed E-state index contributed by atoms with van der Waals surface area (Å²) < 4.78 is 68.8. The molecule has 1 unspecified atom stereocenters. The molecule has 0 saturated carbocycles. The smallest absolute Gasteiger partial charge is 0.410 e. The number of hydrogen-bond acceptors (Lipinski definition) is 7. The fourth-order valence-corrected chi connectivity index (χ4v) is 7.03. The summed E-state index contributed by atoms with van der Waals surface area (Å²) in [7, 11) is -5.43. The van der Waals surface area contributed by atoms with Crippen LogP contribution in [0.5, 0.6) is 0 Å². The molecule has 10 nitrogen and oxygen atoms in total. The molecule has 1 saturated heterocycles. The predicted molar refractivity (Wildman–Crippen MR) is 177 cm³/mol. The molecule has 3 rings (SSSR count). The van der Waals surface area contributed by atoms with E-state index in [9.17, 15) is 22.2 Å². The van der Waals surface area contributed by atoms with Crippen molar-refractivity contribution in [2.24, 2.45) is 0 Å². The van der Waals surface area contributed by atoms with Crippen molar-refractivity contribution in [2.45, 2.75) is 88.8 Å². The standard InChI is InChI=1S/C32H47FN4O6S2/c1-7-8-9-10-11-22-45(34,42)26-15-13-25(14-16-26)35-29(38)27-23-24(12-17-28(27)36(5)44(6,40)41)32(33)18-20-37(21-19-32)30(39)43-31(2,3)4/h12-17,23,34H,7-11,18-22H2,1-6H3,(H,35,38). The molecule has 2 aromatic carbocycles. The van der Waals surface area contributed by atoms with Gasteiger partial charge in [0.15, 0.2) is 0 Å². The number of carbonyl (C=O) groups is 2. The van der Waals surface area contributed by atoms with Crippen LogP contribution in [0.4, 0.5) is 20.6 Å². The zero-order valence-corrected chi connectivity index (χ0v) is 28.8. The molecule has 1 heterocycles. The normalized spacial score (nSPS) is 16.5. The van der Waals surface area contributed by atoms with Crippen LogP contribution in [0.2, 0.25) is 0 Å². The van der Waals surface area contributed by atoms with Crippen molar-refractivity contribution in [1.29, 1.82) is 4.78 Å². The lowest BCUT2D eigenvalue weighted by atomic mass is 9.85. The number of halogens is 1. The molecule has 13 heteroatoms. The number of unbranched alkanes of at least 4 members (excludes halogenated alkanes) is 4. The SMILES string of the molecule is CCCCCCCS(=N)(=O)c1ccc(NC(=O)c2cc(C3(F)CCN(C(=O)OC(C)(C)C)CC3)ccc2N(C)S(C)(=O)=O)cc1. The number of carbonyl (C=O) groups excluding carboxylic acids is 2. The monoisotopic (exact) mass is 666 g/mol. The second kappa shape index (κ2) is 14.5. The van der Waals surface area contributed by atoms with Gasteiger partial charge in [0, 0.05) is 49.3 Å². The number of nitrogens with zero attached hydrogens (tertiary/aromatic N) is 2. The lowest BCUT2D eigenvalue weighted by molar-refractivity contribution is 0.00220. The van der Waals surface area contributed by atoms with Gasteiger partial charge in [-0.15, -0.1) is 0 Å². The molecule has 0 aromatic heterocycles. The van der Waals surface area contributed by atoms with E-state index in [1.807, 2.05) is 0 Å². The van der Waals surface area contributed by atoms with Gasteiger partial charge in [-0.2, -0.15) is 0 Å². The Morgan fingerprint density at radius 2 is 1.62 bits per heavy atom. The highest BCUT2D eigenvalue weighted by molar-refractivity contribution is 7.92. The maximum Gasteiger partial charge on any atom is 0.410 e. The maximum atomic E-state index is 16.3. The van der Waals surface area contributed by atoms with E-state index in [1.54, 1.807) is 45.0 Å². The first-order valence-electron chi connectivity index (χ1n) is 15.3. The minimum absolute atomic E-state index is 0.0268. The number of piperidine rings is 1. The lowest BCUT2D eigenvalue weighted by Crippen LogP contribution is -2.45. The van der Waals surface area contributed by atoms with Crippen LogP contribution in [0.15, 0.2) is 47.4 Å². The van der Waals surface area contributed by atoms with Crippen molar-refractivity contribution in [1.82, 2.24) is 4.90 Å². The second-order valence-electron chi connectivity index (χ2n) is 12.7. The number of nitrogens with one attached hydrogen (secondary N) is 2. The summed E-state index contributed by atoms with van der Waals surface area (Å²) in [5.41, 5.74) is -1.97. The first-order valence-corrected chi connectivity index (χ1v) is 18.9. The number of rotatable bonds is 12. The minimum Gasteiger partial charge on any atom is -0.444 e. The van der Waals surface area contributed by atoms with E-state index in [0.29, 0.717) is 17.0 Å². The van der Waals surface area contributed by atoms with Gasteiger partial charge in [-0.25, -0.2) is 26.6 Å². The maximum absolute atomic E-state index is 16.3. The van der Waals surface area contributed by atoms with Crippen molar-refractivity contribution in [2.75, 3.05) is 41.8 Å². The summed E-state index contributed by atoms with van der Waals surface area (Å²) in [4.78, 5) is 27.9. The zero-order chi connectivity index (χ0) is 33.6. The average Bonchev–Trinajstić information content (AvgIpc) is 2.95. The molecule has 1 aliphatic heterocycles. The Kier molecular flexibility index (Phi) is 11.7. The zero-order valence-electron chi connectivity index (χ0n) is 27.2. The number of benzene rings is 2. The molecule has 2 amide bonds. The van der Waals surface area contributed by atoms with Crippen LogP contribution in [0.3, 0.4) is 0 Å². The number of hydrogen-bond donors (Lipinski definition) is 2. The van der Waals surface area contributed by atoms with Gasteiger partial charge in [0.1, 0.15) is 11.3 Å². The molecule has 1 atom stereocenters. The number of amides is 2.